The molecule has 0 aromatic carbocycles. The Morgan fingerprint density at radius 3 is 2.56 bits per heavy atom. The summed E-state index contributed by atoms with van der Waals surface area (Å²) in [7, 11) is 0. The van der Waals surface area contributed by atoms with Crippen molar-refractivity contribution in [2.24, 2.45) is 5.92 Å². The Bertz CT molecular complexity index is 101. The Kier molecular flexibility index (Phi) is 3.58. The Morgan fingerprint density at radius 2 is 2.33 bits per heavy atom. The number of hydrogen-bond donors (Lipinski definition) is 2. The zero-order valence-corrected chi connectivity index (χ0v) is 5.78. The Hall–Kier alpha value is -0.280. The number of carboxylic acid groups (broad SMARTS) is 1. The van der Waals surface area contributed by atoms with Crippen LogP contribution in [0.15, 0.2) is 0 Å². The van der Waals surface area contributed by atoms with Crippen LogP contribution in [-0.2, 0) is 4.79 Å². The number of nitrogens with one attached hydrogen (secondary N) is 1. The maximum atomic E-state index is 10.2. The molecule has 1 fully saturated rings. The van der Waals surface area contributed by atoms with Crippen LogP contribution in [0.25, 0.3) is 0 Å². The van der Waals surface area contributed by atoms with Crippen molar-refractivity contribution in [2.75, 3.05) is 13.1 Å². The first-order valence-electron chi connectivity index (χ1n) is 2.74. The van der Waals surface area contributed by atoms with Crippen LogP contribution in [0.5, 0.6) is 0 Å². The van der Waals surface area contributed by atoms with Gasteiger partial charge in [-0.3, -0.25) is 4.79 Å². The summed E-state index contributed by atoms with van der Waals surface area (Å²) < 4.78 is 0. The molecule has 1 aliphatic rings. The molecule has 0 aromatic rings. The lowest BCUT2D eigenvalue weighted by atomic mass is 10.1. The van der Waals surface area contributed by atoms with Crippen LogP contribution in [0.1, 0.15) is 6.42 Å². The standard InChI is InChI=1S/C5H9NO2.ClH/c7-5(8)4-1-2-6-3-4;/h4,6H,1-3H2,(H,7,8);1H/t4-;/m1./s1. The molecule has 1 saturated heterocycles. The molecular formula is C5H10ClNO2. The third kappa shape index (κ3) is 2.20. The Labute approximate surface area is 59.9 Å². The minimum atomic E-state index is -0.671. The minimum absolute atomic E-state index is 0. The van der Waals surface area contributed by atoms with Crippen molar-refractivity contribution in [3.05, 3.63) is 0 Å². The maximum Gasteiger partial charge on any atom is 0.307 e. The highest BCUT2D eigenvalue weighted by molar-refractivity contribution is 5.85. The summed E-state index contributed by atoms with van der Waals surface area (Å²) in [4.78, 5) is 10.2. The van der Waals surface area contributed by atoms with E-state index in [1.165, 1.54) is 0 Å². The number of aliphatic carboxylic acids is 1. The van der Waals surface area contributed by atoms with Crippen molar-refractivity contribution in [3.63, 3.8) is 0 Å². The van der Waals surface area contributed by atoms with Gasteiger partial charge in [0, 0.05) is 6.54 Å². The van der Waals surface area contributed by atoms with Gasteiger partial charge in [-0.2, -0.15) is 0 Å². The lowest BCUT2D eigenvalue weighted by Crippen LogP contribution is -2.16. The zero-order valence-electron chi connectivity index (χ0n) is 4.96. The van der Waals surface area contributed by atoms with Crippen molar-refractivity contribution in [3.8, 4) is 0 Å². The summed E-state index contributed by atoms with van der Waals surface area (Å²) in [5.41, 5.74) is 0. The second-order valence-electron chi connectivity index (χ2n) is 2.03. The third-order valence-corrected chi connectivity index (χ3v) is 1.41. The van der Waals surface area contributed by atoms with Gasteiger partial charge in [0.15, 0.2) is 0 Å². The van der Waals surface area contributed by atoms with Crippen molar-refractivity contribution in [1.29, 1.82) is 0 Å². The zero-order chi connectivity index (χ0) is 5.98. The molecule has 0 spiro atoms. The highest BCUT2D eigenvalue weighted by Crippen LogP contribution is 2.05. The molecule has 1 aliphatic heterocycles. The number of carboxylic acids is 1. The Balaban J connectivity index is 0.000000640. The fraction of sp³-hybridized carbons (Fsp3) is 0.800. The summed E-state index contributed by atoms with van der Waals surface area (Å²) in [6.45, 7) is 1.51. The highest BCUT2D eigenvalue weighted by Gasteiger charge is 2.20. The lowest BCUT2D eigenvalue weighted by Gasteiger charge is -1.96. The van der Waals surface area contributed by atoms with Gasteiger partial charge in [-0.05, 0) is 13.0 Å². The van der Waals surface area contributed by atoms with E-state index in [0.717, 1.165) is 13.0 Å². The maximum absolute atomic E-state index is 10.2. The molecule has 0 radical (unpaired) electrons. The predicted molar refractivity (Wildman–Crippen MR) is 35.9 cm³/mol. The van der Waals surface area contributed by atoms with E-state index in [9.17, 15) is 4.79 Å². The molecule has 9 heavy (non-hydrogen) atoms. The van der Waals surface area contributed by atoms with Gasteiger partial charge in [0.05, 0.1) is 5.92 Å². The molecule has 4 heteroatoms. The lowest BCUT2D eigenvalue weighted by molar-refractivity contribution is -0.140. The molecule has 0 aromatic heterocycles. The summed E-state index contributed by atoms with van der Waals surface area (Å²) >= 11 is 0. The largest absolute Gasteiger partial charge is 0.481 e. The molecule has 1 rings (SSSR count). The summed E-state index contributed by atoms with van der Waals surface area (Å²) in [6.07, 6.45) is 0.787. The van der Waals surface area contributed by atoms with Gasteiger partial charge < -0.3 is 10.4 Å². The molecule has 54 valence electrons. The molecular weight excluding hydrogens is 142 g/mol. The summed E-state index contributed by atoms with van der Waals surface area (Å²) in [5.74, 6) is -0.801. The van der Waals surface area contributed by atoms with E-state index in [1.807, 2.05) is 0 Å². The first-order valence-corrected chi connectivity index (χ1v) is 2.74. The smallest absolute Gasteiger partial charge is 0.307 e. The minimum Gasteiger partial charge on any atom is -0.481 e. The SMILES string of the molecule is Cl.O=C(O)[C@@H]1CCNC1. The van der Waals surface area contributed by atoms with E-state index in [2.05, 4.69) is 5.32 Å². The van der Waals surface area contributed by atoms with E-state index in [4.69, 9.17) is 5.11 Å². The quantitative estimate of drug-likeness (QED) is 0.559. The topological polar surface area (TPSA) is 49.3 Å². The molecule has 3 nitrogen and oxygen atoms in total. The summed E-state index contributed by atoms with van der Waals surface area (Å²) in [6, 6.07) is 0. The molecule has 2 N–H and O–H groups in total. The van der Waals surface area contributed by atoms with Crippen LogP contribution in [0, 0.1) is 5.92 Å². The van der Waals surface area contributed by atoms with Gasteiger partial charge in [-0.1, -0.05) is 0 Å². The second-order valence-corrected chi connectivity index (χ2v) is 2.03. The van der Waals surface area contributed by atoms with Crippen LogP contribution in [0.4, 0.5) is 0 Å². The van der Waals surface area contributed by atoms with Gasteiger partial charge >= 0.3 is 5.97 Å². The van der Waals surface area contributed by atoms with Crippen LogP contribution in [0.3, 0.4) is 0 Å². The van der Waals surface area contributed by atoms with Crippen LogP contribution in [-0.4, -0.2) is 24.2 Å². The predicted octanol–water partition coefficient (Wildman–Crippen LogP) is 0.102. The molecule has 0 saturated carbocycles. The van der Waals surface area contributed by atoms with Gasteiger partial charge in [0.1, 0.15) is 0 Å². The van der Waals surface area contributed by atoms with E-state index in [-0.39, 0.29) is 18.3 Å². The first kappa shape index (κ1) is 8.72. The van der Waals surface area contributed by atoms with E-state index in [0.29, 0.717) is 6.54 Å². The van der Waals surface area contributed by atoms with Crippen LogP contribution in [0.2, 0.25) is 0 Å². The van der Waals surface area contributed by atoms with E-state index in [1.54, 1.807) is 0 Å². The van der Waals surface area contributed by atoms with Gasteiger partial charge in [-0.25, -0.2) is 0 Å². The second kappa shape index (κ2) is 3.69. The average molecular weight is 152 g/mol. The van der Waals surface area contributed by atoms with Gasteiger partial charge in [0.2, 0.25) is 0 Å². The average Bonchev–Trinajstić information content (AvgIpc) is 2.12. The number of rotatable bonds is 1. The van der Waals surface area contributed by atoms with Crippen LogP contribution >= 0.6 is 12.4 Å². The molecule has 0 aliphatic carbocycles. The van der Waals surface area contributed by atoms with Crippen LogP contribution < -0.4 is 5.32 Å². The highest BCUT2D eigenvalue weighted by atomic mass is 35.5. The molecule has 1 heterocycles. The van der Waals surface area contributed by atoms with Crippen molar-refractivity contribution in [1.82, 2.24) is 5.32 Å². The molecule has 0 amide bonds. The fourth-order valence-corrected chi connectivity index (χ4v) is 0.865. The monoisotopic (exact) mass is 151 g/mol. The fourth-order valence-electron chi connectivity index (χ4n) is 0.865. The summed E-state index contributed by atoms with van der Waals surface area (Å²) in [5, 5.41) is 11.3. The molecule has 0 unspecified atom stereocenters. The molecule has 1 atom stereocenters. The van der Waals surface area contributed by atoms with E-state index >= 15 is 0 Å². The third-order valence-electron chi connectivity index (χ3n) is 1.41. The van der Waals surface area contributed by atoms with Crippen molar-refractivity contribution in [2.45, 2.75) is 6.42 Å². The number of carbonyl (C=O) groups is 1. The number of hydrogen-bond acceptors (Lipinski definition) is 2. The van der Waals surface area contributed by atoms with E-state index < -0.39 is 5.97 Å². The van der Waals surface area contributed by atoms with Crippen molar-refractivity contribution < 1.29 is 9.90 Å². The number of halogens is 1. The van der Waals surface area contributed by atoms with Gasteiger partial charge in [0.25, 0.3) is 0 Å². The molecule has 0 bridgehead atoms. The van der Waals surface area contributed by atoms with Crippen molar-refractivity contribution >= 4 is 18.4 Å². The first-order chi connectivity index (χ1) is 3.80. The normalized spacial score (nSPS) is 25.1. The Morgan fingerprint density at radius 1 is 1.67 bits per heavy atom. The van der Waals surface area contributed by atoms with Gasteiger partial charge in [-0.15, -0.1) is 12.4 Å².